The van der Waals surface area contributed by atoms with Crippen molar-refractivity contribution in [1.29, 1.82) is 0 Å². The molecule has 1 N–H and O–H groups in total. The summed E-state index contributed by atoms with van der Waals surface area (Å²) in [7, 11) is 0. The standard InChI is InChI=1S/C19H26O2/c1-5-6-11-9-13(20)15-14(10-11)21-19(4)8-7-12-16(19)17(15)18(12,2)3/h9-10,12,16-17,20H,5-8H2,1-4H3. The van der Waals surface area contributed by atoms with Gasteiger partial charge >= 0.3 is 0 Å². The summed E-state index contributed by atoms with van der Waals surface area (Å²) in [5.74, 6) is 3.20. The maximum atomic E-state index is 10.6. The Morgan fingerprint density at radius 2 is 2.05 bits per heavy atom. The van der Waals surface area contributed by atoms with Gasteiger partial charge in [-0.05, 0) is 55.2 Å². The molecule has 0 amide bonds. The van der Waals surface area contributed by atoms with Crippen LogP contribution in [0, 0.1) is 17.3 Å². The molecule has 0 radical (unpaired) electrons. The molecule has 21 heavy (non-hydrogen) atoms. The van der Waals surface area contributed by atoms with Crippen LogP contribution in [-0.2, 0) is 6.42 Å². The summed E-state index contributed by atoms with van der Waals surface area (Å²) in [6.45, 7) is 9.20. The van der Waals surface area contributed by atoms with E-state index in [-0.39, 0.29) is 11.0 Å². The second-order valence-electron chi connectivity index (χ2n) is 8.16. The molecule has 1 aromatic rings. The van der Waals surface area contributed by atoms with Crippen molar-refractivity contribution in [2.45, 2.75) is 64.9 Å². The Balaban J connectivity index is 1.86. The van der Waals surface area contributed by atoms with E-state index in [4.69, 9.17) is 4.74 Å². The zero-order valence-corrected chi connectivity index (χ0v) is 13.6. The Morgan fingerprint density at radius 1 is 1.29 bits per heavy atom. The van der Waals surface area contributed by atoms with E-state index in [9.17, 15) is 5.11 Å². The summed E-state index contributed by atoms with van der Waals surface area (Å²) in [6, 6.07) is 4.15. The lowest BCUT2D eigenvalue weighted by molar-refractivity contribution is -0.121. The van der Waals surface area contributed by atoms with E-state index in [2.05, 4.69) is 33.8 Å². The zero-order chi connectivity index (χ0) is 15.0. The highest BCUT2D eigenvalue weighted by atomic mass is 16.5. The van der Waals surface area contributed by atoms with Crippen LogP contribution in [-0.4, -0.2) is 10.7 Å². The van der Waals surface area contributed by atoms with E-state index in [1.807, 2.05) is 6.07 Å². The Bertz CT molecular complexity index is 604. The lowest BCUT2D eigenvalue weighted by Crippen LogP contribution is -2.59. The van der Waals surface area contributed by atoms with Gasteiger partial charge in [0.2, 0.25) is 0 Å². The summed E-state index contributed by atoms with van der Waals surface area (Å²) in [5.41, 5.74) is 2.54. The molecule has 3 aliphatic rings. The summed E-state index contributed by atoms with van der Waals surface area (Å²) >= 11 is 0. The summed E-state index contributed by atoms with van der Waals surface area (Å²) in [6.07, 6.45) is 4.51. The van der Waals surface area contributed by atoms with Crippen molar-refractivity contribution in [2.75, 3.05) is 0 Å². The number of hydrogen-bond donors (Lipinski definition) is 1. The second-order valence-corrected chi connectivity index (χ2v) is 8.16. The highest BCUT2D eigenvalue weighted by Crippen LogP contribution is 2.74. The Morgan fingerprint density at radius 3 is 2.76 bits per heavy atom. The number of fused-ring (bicyclic) bond motifs is 2. The van der Waals surface area contributed by atoms with Crippen LogP contribution in [0.25, 0.3) is 0 Å². The SMILES string of the molecule is CCCc1cc(O)c2c(c1)OC1(C)CCC3C1C2C3(C)C. The second kappa shape index (κ2) is 3.97. The number of phenols is 1. The predicted octanol–water partition coefficient (Wildman–Crippen LogP) is 4.65. The zero-order valence-electron chi connectivity index (χ0n) is 13.6. The molecular formula is C19H26O2. The molecule has 4 unspecified atom stereocenters. The van der Waals surface area contributed by atoms with Gasteiger partial charge in [0.15, 0.2) is 0 Å². The van der Waals surface area contributed by atoms with Crippen LogP contribution in [0.4, 0.5) is 0 Å². The van der Waals surface area contributed by atoms with Gasteiger partial charge in [0, 0.05) is 17.4 Å². The first-order chi connectivity index (χ1) is 9.88. The van der Waals surface area contributed by atoms with Crippen LogP contribution in [0.2, 0.25) is 0 Å². The Hall–Kier alpha value is -1.18. The van der Waals surface area contributed by atoms with Crippen molar-refractivity contribution in [3.05, 3.63) is 23.3 Å². The minimum Gasteiger partial charge on any atom is -0.508 e. The van der Waals surface area contributed by atoms with Gasteiger partial charge in [-0.1, -0.05) is 27.2 Å². The lowest BCUT2D eigenvalue weighted by atomic mass is 9.45. The van der Waals surface area contributed by atoms with Crippen molar-refractivity contribution in [2.24, 2.45) is 17.3 Å². The van der Waals surface area contributed by atoms with Crippen LogP contribution in [0.15, 0.2) is 12.1 Å². The van der Waals surface area contributed by atoms with E-state index in [0.29, 0.717) is 17.6 Å². The number of aromatic hydroxyl groups is 1. The first-order valence-electron chi connectivity index (χ1n) is 8.43. The molecule has 1 heterocycles. The summed E-state index contributed by atoms with van der Waals surface area (Å²) in [5, 5.41) is 10.6. The number of hydrogen-bond acceptors (Lipinski definition) is 2. The van der Waals surface area contributed by atoms with E-state index in [1.54, 1.807) is 0 Å². The number of phenolic OH excluding ortho intramolecular Hbond substituents is 1. The lowest BCUT2D eigenvalue weighted by Gasteiger charge is -2.62. The highest BCUT2D eigenvalue weighted by molar-refractivity contribution is 5.55. The van der Waals surface area contributed by atoms with Gasteiger partial charge in [-0.2, -0.15) is 0 Å². The number of ether oxygens (including phenoxy) is 1. The van der Waals surface area contributed by atoms with Crippen LogP contribution < -0.4 is 4.74 Å². The van der Waals surface area contributed by atoms with Gasteiger partial charge in [0.1, 0.15) is 17.1 Å². The Kier molecular flexibility index (Phi) is 2.55. The molecule has 1 aromatic carbocycles. The third-order valence-electron chi connectivity index (χ3n) is 6.58. The third kappa shape index (κ3) is 1.54. The van der Waals surface area contributed by atoms with Crippen molar-refractivity contribution in [3.63, 3.8) is 0 Å². The van der Waals surface area contributed by atoms with Crippen LogP contribution >= 0.6 is 0 Å². The minimum absolute atomic E-state index is 0.0187. The van der Waals surface area contributed by atoms with Crippen molar-refractivity contribution in [1.82, 2.24) is 0 Å². The Labute approximate surface area is 127 Å². The van der Waals surface area contributed by atoms with Gasteiger partial charge in [-0.15, -0.1) is 0 Å². The maximum Gasteiger partial charge on any atom is 0.127 e. The third-order valence-corrected chi connectivity index (χ3v) is 6.58. The molecule has 0 saturated heterocycles. The van der Waals surface area contributed by atoms with Crippen molar-refractivity contribution >= 4 is 0 Å². The molecule has 4 atom stereocenters. The van der Waals surface area contributed by atoms with Gasteiger partial charge in [0.25, 0.3) is 0 Å². The fourth-order valence-electron chi connectivity index (χ4n) is 5.63. The van der Waals surface area contributed by atoms with E-state index < -0.39 is 0 Å². The monoisotopic (exact) mass is 286 g/mol. The van der Waals surface area contributed by atoms with E-state index in [0.717, 1.165) is 36.5 Å². The molecule has 4 rings (SSSR count). The molecule has 2 fully saturated rings. The predicted molar refractivity (Wildman–Crippen MR) is 83.9 cm³/mol. The quantitative estimate of drug-likeness (QED) is 0.857. The molecule has 2 heteroatoms. The summed E-state index contributed by atoms with van der Waals surface area (Å²) in [4.78, 5) is 0. The van der Waals surface area contributed by atoms with Crippen molar-refractivity contribution < 1.29 is 9.84 Å². The smallest absolute Gasteiger partial charge is 0.127 e. The first kappa shape index (κ1) is 13.5. The molecule has 2 saturated carbocycles. The van der Waals surface area contributed by atoms with Gasteiger partial charge in [0.05, 0.1) is 0 Å². The highest BCUT2D eigenvalue weighted by Gasteiger charge is 2.69. The number of aryl methyl sites for hydroxylation is 1. The van der Waals surface area contributed by atoms with Crippen LogP contribution in [0.3, 0.4) is 0 Å². The topological polar surface area (TPSA) is 29.5 Å². The number of rotatable bonds is 2. The first-order valence-corrected chi connectivity index (χ1v) is 8.43. The average molecular weight is 286 g/mol. The molecule has 1 aliphatic heterocycles. The van der Waals surface area contributed by atoms with E-state index in [1.165, 1.54) is 12.0 Å². The van der Waals surface area contributed by atoms with Gasteiger partial charge in [-0.3, -0.25) is 0 Å². The maximum absolute atomic E-state index is 10.6. The van der Waals surface area contributed by atoms with Crippen LogP contribution in [0.1, 0.15) is 64.0 Å². The molecule has 114 valence electrons. The van der Waals surface area contributed by atoms with E-state index >= 15 is 0 Å². The van der Waals surface area contributed by atoms with Crippen LogP contribution in [0.5, 0.6) is 11.5 Å². The number of benzene rings is 1. The molecule has 2 nitrogen and oxygen atoms in total. The molecule has 0 aromatic heterocycles. The molecular weight excluding hydrogens is 260 g/mol. The fraction of sp³-hybridized carbons (Fsp3) is 0.684. The van der Waals surface area contributed by atoms with Crippen molar-refractivity contribution in [3.8, 4) is 11.5 Å². The molecule has 0 spiro atoms. The van der Waals surface area contributed by atoms with Gasteiger partial charge < -0.3 is 9.84 Å². The molecule has 0 bridgehead atoms. The average Bonchev–Trinajstić information content (AvgIpc) is 2.72. The van der Waals surface area contributed by atoms with Gasteiger partial charge in [-0.25, -0.2) is 0 Å². The minimum atomic E-state index is -0.0187. The summed E-state index contributed by atoms with van der Waals surface area (Å²) < 4.78 is 6.45. The molecule has 2 aliphatic carbocycles. The normalized spacial score (nSPS) is 38.2. The fourth-order valence-corrected chi connectivity index (χ4v) is 5.63. The largest absolute Gasteiger partial charge is 0.508 e.